The van der Waals surface area contributed by atoms with Gasteiger partial charge in [0, 0.05) is 15.6 Å². The van der Waals surface area contributed by atoms with Crippen molar-refractivity contribution >= 4 is 15.9 Å². The first-order valence-electron chi connectivity index (χ1n) is 6.01. The highest BCUT2D eigenvalue weighted by Gasteiger charge is 2.11. The molecule has 20 heavy (non-hydrogen) atoms. The molecular weight excluding hydrogens is 330 g/mol. The molecule has 1 atom stereocenters. The minimum atomic E-state index is -0.722. The van der Waals surface area contributed by atoms with Crippen LogP contribution in [-0.4, -0.2) is 5.11 Å². The van der Waals surface area contributed by atoms with Crippen molar-refractivity contribution < 1.29 is 18.6 Å². The third-order valence-corrected chi connectivity index (χ3v) is 3.31. The third-order valence-electron chi connectivity index (χ3n) is 2.81. The molecule has 5 heteroatoms. The highest BCUT2D eigenvalue weighted by atomic mass is 79.9. The lowest BCUT2D eigenvalue weighted by Gasteiger charge is -2.14. The lowest BCUT2D eigenvalue weighted by Crippen LogP contribution is -2.03. The van der Waals surface area contributed by atoms with Gasteiger partial charge in [0.15, 0.2) is 0 Å². The molecule has 0 radical (unpaired) electrons. The largest absolute Gasteiger partial charge is 0.488 e. The fourth-order valence-corrected chi connectivity index (χ4v) is 2.17. The number of hydrogen-bond acceptors (Lipinski definition) is 2. The molecule has 2 nitrogen and oxygen atoms in total. The minimum Gasteiger partial charge on any atom is -0.488 e. The van der Waals surface area contributed by atoms with Crippen LogP contribution in [0.4, 0.5) is 8.78 Å². The van der Waals surface area contributed by atoms with Gasteiger partial charge < -0.3 is 9.84 Å². The molecule has 0 saturated carbocycles. The Morgan fingerprint density at radius 2 is 1.95 bits per heavy atom. The Hall–Kier alpha value is -1.46. The normalized spacial score (nSPS) is 12.2. The first-order chi connectivity index (χ1) is 9.47. The van der Waals surface area contributed by atoms with Gasteiger partial charge in [0.1, 0.15) is 24.0 Å². The van der Waals surface area contributed by atoms with Crippen molar-refractivity contribution in [2.45, 2.75) is 19.6 Å². The van der Waals surface area contributed by atoms with Gasteiger partial charge in [-0.15, -0.1) is 0 Å². The molecule has 0 bridgehead atoms. The van der Waals surface area contributed by atoms with Gasteiger partial charge in [-0.3, -0.25) is 0 Å². The maximum atomic E-state index is 13.5. The molecule has 0 heterocycles. The summed E-state index contributed by atoms with van der Waals surface area (Å²) in [5.41, 5.74) is 0.709. The van der Waals surface area contributed by atoms with Crippen molar-refractivity contribution in [3.63, 3.8) is 0 Å². The van der Waals surface area contributed by atoms with E-state index in [-0.39, 0.29) is 12.2 Å². The number of benzene rings is 2. The topological polar surface area (TPSA) is 29.5 Å². The van der Waals surface area contributed by atoms with Gasteiger partial charge in [0.2, 0.25) is 0 Å². The maximum Gasteiger partial charge on any atom is 0.130 e. The zero-order chi connectivity index (χ0) is 14.7. The molecule has 0 spiro atoms. The Morgan fingerprint density at radius 1 is 1.20 bits per heavy atom. The summed E-state index contributed by atoms with van der Waals surface area (Å²) in [6.45, 7) is 1.50. The van der Waals surface area contributed by atoms with Crippen LogP contribution in [0.3, 0.4) is 0 Å². The van der Waals surface area contributed by atoms with Gasteiger partial charge in [0.25, 0.3) is 0 Å². The van der Waals surface area contributed by atoms with E-state index in [2.05, 4.69) is 15.9 Å². The number of aliphatic hydroxyl groups is 1. The molecular formula is C15H13BrF2O2. The molecule has 2 aromatic carbocycles. The molecule has 0 fully saturated rings. The van der Waals surface area contributed by atoms with Crippen LogP contribution in [0, 0.1) is 11.6 Å². The van der Waals surface area contributed by atoms with E-state index in [1.165, 1.54) is 0 Å². The van der Waals surface area contributed by atoms with Crippen molar-refractivity contribution in [1.82, 2.24) is 0 Å². The quantitative estimate of drug-likeness (QED) is 0.894. The van der Waals surface area contributed by atoms with E-state index >= 15 is 0 Å². The summed E-state index contributed by atoms with van der Waals surface area (Å²) in [5, 5.41) is 9.69. The molecule has 0 aromatic heterocycles. The van der Waals surface area contributed by atoms with Crippen LogP contribution in [0.1, 0.15) is 24.2 Å². The van der Waals surface area contributed by atoms with Gasteiger partial charge in [-0.2, -0.15) is 0 Å². The zero-order valence-electron chi connectivity index (χ0n) is 10.7. The summed E-state index contributed by atoms with van der Waals surface area (Å²) in [7, 11) is 0. The van der Waals surface area contributed by atoms with Crippen LogP contribution in [-0.2, 0) is 6.61 Å². The summed E-state index contributed by atoms with van der Waals surface area (Å²) >= 11 is 3.31. The van der Waals surface area contributed by atoms with E-state index in [9.17, 15) is 13.9 Å². The van der Waals surface area contributed by atoms with Crippen LogP contribution >= 0.6 is 15.9 Å². The lowest BCUT2D eigenvalue weighted by atomic mass is 10.1. The van der Waals surface area contributed by atoms with E-state index in [0.717, 1.165) is 22.7 Å². The molecule has 0 unspecified atom stereocenters. The van der Waals surface area contributed by atoms with E-state index < -0.39 is 17.7 Å². The van der Waals surface area contributed by atoms with Crippen molar-refractivity contribution in [2.75, 3.05) is 0 Å². The van der Waals surface area contributed by atoms with Gasteiger partial charge in [0.05, 0.1) is 6.10 Å². The number of rotatable bonds is 4. The Bertz CT molecular complexity index is 615. The second-order valence-corrected chi connectivity index (χ2v) is 5.30. The number of hydrogen-bond donors (Lipinski definition) is 1. The molecule has 0 aliphatic rings. The van der Waals surface area contributed by atoms with Crippen LogP contribution in [0.2, 0.25) is 0 Å². The fourth-order valence-electron chi connectivity index (χ4n) is 1.79. The minimum absolute atomic E-state index is 0.106. The molecule has 0 amide bonds. The Labute approximate surface area is 124 Å². The molecule has 0 saturated heterocycles. The molecule has 106 valence electrons. The number of halogens is 3. The van der Waals surface area contributed by atoms with Crippen LogP contribution in [0.5, 0.6) is 5.75 Å². The van der Waals surface area contributed by atoms with E-state index in [1.54, 1.807) is 25.1 Å². The van der Waals surface area contributed by atoms with Crippen molar-refractivity contribution in [2.24, 2.45) is 0 Å². The summed E-state index contributed by atoms with van der Waals surface area (Å²) in [6, 6.07) is 8.36. The Morgan fingerprint density at radius 3 is 2.65 bits per heavy atom. The summed E-state index contributed by atoms with van der Waals surface area (Å²) in [5.74, 6) is -0.606. The molecule has 2 rings (SSSR count). The van der Waals surface area contributed by atoms with Gasteiger partial charge in [-0.25, -0.2) is 8.78 Å². The second kappa shape index (κ2) is 6.33. The predicted octanol–water partition coefficient (Wildman–Crippen LogP) is 4.36. The van der Waals surface area contributed by atoms with E-state index in [0.29, 0.717) is 11.3 Å². The van der Waals surface area contributed by atoms with Crippen molar-refractivity contribution in [1.29, 1.82) is 0 Å². The number of aliphatic hydroxyl groups excluding tert-OH is 1. The van der Waals surface area contributed by atoms with E-state index in [4.69, 9.17) is 4.74 Å². The number of ether oxygens (including phenoxy) is 1. The summed E-state index contributed by atoms with van der Waals surface area (Å²) in [4.78, 5) is 0. The summed E-state index contributed by atoms with van der Waals surface area (Å²) < 4.78 is 32.8. The smallest absolute Gasteiger partial charge is 0.130 e. The molecule has 1 N–H and O–H groups in total. The van der Waals surface area contributed by atoms with Crippen LogP contribution in [0.25, 0.3) is 0 Å². The summed E-state index contributed by atoms with van der Waals surface area (Å²) in [6.07, 6.45) is -0.722. The average Bonchev–Trinajstić information content (AvgIpc) is 2.40. The third kappa shape index (κ3) is 3.55. The van der Waals surface area contributed by atoms with Crippen LogP contribution < -0.4 is 4.74 Å². The van der Waals surface area contributed by atoms with Crippen molar-refractivity contribution in [3.8, 4) is 5.75 Å². The van der Waals surface area contributed by atoms with Gasteiger partial charge >= 0.3 is 0 Å². The standard InChI is InChI=1S/C15H13BrF2O2/c1-9(19)13-7-11(16)2-5-15(13)20-8-10-6-12(17)3-4-14(10)18/h2-7,9,19H,8H2,1H3/t9-/m0/s1. The van der Waals surface area contributed by atoms with Gasteiger partial charge in [-0.05, 0) is 43.3 Å². The molecule has 0 aliphatic heterocycles. The van der Waals surface area contributed by atoms with E-state index in [1.807, 2.05) is 0 Å². The van der Waals surface area contributed by atoms with Gasteiger partial charge in [-0.1, -0.05) is 15.9 Å². The highest BCUT2D eigenvalue weighted by molar-refractivity contribution is 9.10. The Kier molecular flexibility index (Phi) is 4.73. The zero-order valence-corrected chi connectivity index (χ0v) is 12.3. The maximum absolute atomic E-state index is 13.5. The lowest BCUT2D eigenvalue weighted by molar-refractivity contribution is 0.189. The first kappa shape index (κ1) is 14.9. The molecule has 2 aromatic rings. The van der Waals surface area contributed by atoms with Crippen molar-refractivity contribution in [3.05, 3.63) is 63.6 Å². The SMILES string of the molecule is C[C@H](O)c1cc(Br)ccc1OCc1cc(F)ccc1F. The average molecular weight is 343 g/mol. The second-order valence-electron chi connectivity index (χ2n) is 4.38. The Balaban J connectivity index is 2.20. The van der Waals surface area contributed by atoms with Crippen LogP contribution in [0.15, 0.2) is 40.9 Å². The predicted molar refractivity (Wildman–Crippen MR) is 75.5 cm³/mol. The first-order valence-corrected chi connectivity index (χ1v) is 6.81. The monoisotopic (exact) mass is 342 g/mol. The highest BCUT2D eigenvalue weighted by Crippen LogP contribution is 2.29. The molecule has 0 aliphatic carbocycles. The fraction of sp³-hybridized carbons (Fsp3) is 0.200.